The number of fused-ring (bicyclic) bond motifs is 1. The molecule has 0 saturated carbocycles. The highest BCUT2D eigenvalue weighted by Gasteiger charge is 2.26. The van der Waals surface area contributed by atoms with Crippen LogP contribution in [0.5, 0.6) is 0 Å². The highest BCUT2D eigenvalue weighted by Crippen LogP contribution is 2.36. The van der Waals surface area contributed by atoms with E-state index in [4.69, 9.17) is 9.98 Å². The Morgan fingerprint density at radius 1 is 0.800 bits per heavy atom. The summed E-state index contributed by atoms with van der Waals surface area (Å²) in [6.45, 7) is 0. The van der Waals surface area contributed by atoms with Crippen LogP contribution in [-0.4, -0.2) is 29.4 Å². The molecule has 4 heteroatoms. The summed E-state index contributed by atoms with van der Waals surface area (Å²) in [5.74, 6) is 0.764. The predicted octanol–water partition coefficient (Wildman–Crippen LogP) is 5.73. The largest absolute Gasteiger partial charge is 0.378 e. The molecular formula is C26H24N4. The first-order valence-electron chi connectivity index (χ1n) is 10.2. The van der Waals surface area contributed by atoms with E-state index < -0.39 is 0 Å². The number of benzene rings is 3. The molecule has 148 valence electrons. The van der Waals surface area contributed by atoms with Crippen molar-refractivity contribution in [3.63, 3.8) is 0 Å². The van der Waals surface area contributed by atoms with Gasteiger partial charge in [0.25, 0.3) is 0 Å². The van der Waals surface area contributed by atoms with Crippen molar-refractivity contribution >= 4 is 17.3 Å². The monoisotopic (exact) mass is 392 g/mol. The van der Waals surface area contributed by atoms with Crippen LogP contribution in [0.4, 0.5) is 11.6 Å². The Morgan fingerprint density at radius 3 is 2.07 bits per heavy atom. The summed E-state index contributed by atoms with van der Waals surface area (Å²) in [5.41, 5.74) is 6.76. The number of aromatic nitrogens is 2. The lowest BCUT2D eigenvalue weighted by Crippen LogP contribution is -2.20. The molecule has 2 heterocycles. The van der Waals surface area contributed by atoms with Crippen LogP contribution in [0.15, 0.2) is 96.1 Å². The van der Waals surface area contributed by atoms with Gasteiger partial charge in [0.15, 0.2) is 0 Å². The summed E-state index contributed by atoms with van der Waals surface area (Å²) >= 11 is 0. The number of rotatable bonds is 4. The van der Waals surface area contributed by atoms with Gasteiger partial charge in [0.2, 0.25) is 5.95 Å². The Hall–Kier alpha value is -3.66. The summed E-state index contributed by atoms with van der Waals surface area (Å²) in [4.78, 5) is 12.0. The van der Waals surface area contributed by atoms with Crippen molar-refractivity contribution in [1.29, 1.82) is 0 Å². The standard InChI is InChI=1S/C26H24N4/c1-29(2)22-15-13-21(14-16-22)25-17-23(19-9-5-3-6-10-19)27-26-28-24(18-30(25)26)20-11-7-4-8-12-20/h3-16,18,25H,17H2,1-2H3/t25-/m1/s1. The number of nitrogens with zero attached hydrogens (tertiary/aromatic N) is 4. The average Bonchev–Trinajstić information content (AvgIpc) is 3.24. The Balaban J connectivity index is 1.61. The molecule has 0 saturated heterocycles. The third-order valence-electron chi connectivity index (χ3n) is 5.64. The van der Waals surface area contributed by atoms with Gasteiger partial charge in [-0.25, -0.2) is 9.98 Å². The molecule has 1 aliphatic rings. The van der Waals surface area contributed by atoms with Crippen molar-refractivity contribution in [2.45, 2.75) is 12.5 Å². The highest BCUT2D eigenvalue weighted by atomic mass is 15.2. The number of aliphatic imine (C=N–C) groups is 1. The van der Waals surface area contributed by atoms with Gasteiger partial charge in [-0.1, -0.05) is 72.8 Å². The van der Waals surface area contributed by atoms with Crippen LogP contribution in [0.25, 0.3) is 11.3 Å². The maximum Gasteiger partial charge on any atom is 0.230 e. The van der Waals surface area contributed by atoms with E-state index >= 15 is 0 Å². The van der Waals surface area contributed by atoms with E-state index in [9.17, 15) is 0 Å². The van der Waals surface area contributed by atoms with Crippen LogP contribution in [-0.2, 0) is 0 Å². The molecule has 0 fully saturated rings. The van der Waals surface area contributed by atoms with Crippen LogP contribution >= 0.6 is 0 Å². The van der Waals surface area contributed by atoms with Gasteiger partial charge in [0, 0.05) is 38.0 Å². The zero-order valence-electron chi connectivity index (χ0n) is 17.2. The molecule has 5 rings (SSSR count). The molecule has 0 radical (unpaired) electrons. The van der Waals surface area contributed by atoms with Crippen molar-refractivity contribution in [3.8, 4) is 11.3 Å². The van der Waals surface area contributed by atoms with Crippen molar-refractivity contribution in [1.82, 2.24) is 9.55 Å². The average molecular weight is 393 g/mol. The third-order valence-corrected chi connectivity index (χ3v) is 5.64. The molecule has 30 heavy (non-hydrogen) atoms. The van der Waals surface area contributed by atoms with Crippen molar-refractivity contribution < 1.29 is 0 Å². The van der Waals surface area contributed by atoms with Crippen LogP contribution in [0, 0.1) is 0 Å². The molecule has 0 unspecified atom stereocenters. The first kappa shape index (κ1) is 18.4. The second-order valence-corrected chi connectivity index (χ2v) is 7.83. The lowest BCUT2D eigenvalue weighted by atomic mass is 9.95. The second kappa shape index (κ2) is 7.64. The topological polar surface area (TPSA) is 33.4 Å². The minimum Gasteiger partial charge on any atom is -0.378 e. The number of imidazole rings is 1. The van der Waals surface area contributed by atoms with Gasteiger partial charge in [0.05, 0.1) is 17.4 Å². The molecule has 0 aliphatic carbocycles. The minimum absolute atomic E-state index is 0.161. The number of hydrogen-bond donors (Lipinski definition) is 0. The normalized spacial score (nSPS) is 15.4. The van der Waals surface area contributed by atoms with Crippen LogP contribution in [0.3, 0.4) is 0 Å². The molecule has 0 amide bonds. The molecule has 4 nitrogen and oxygen atoms in total. The molecule has 4 aromatic rings. The molecule has 1 aliphatic heterocycles. The summed E-state index contributed by atoms with van der Waals surface area (Å²) < 4.78 is 2.22. The van der Waals surface area contributed by atoms with Crippen molar-refractivity contribution in [2.75, 3.05) is 19.0 Å². The van der Waals surface area contributed by atoms with E-state index in [0.717, 1.165) is 34.9 Å². The van der Waals surface area contributed by atoms with E-state index in [-0.39, 0.29) is 6.04 Å². The Kier molecular flexibility index (Phi) is 4.68. The quantitative estimate of drug-likeness (QED) is 0.444. The molecule has 1 atom stereocenters. The van der Waals surface area contributed by atoms with E-state index in [2.05, 4.69) is 90.4 Å². The van der Waals surface area contributed by atoms with Gasteiger partial charge >= 0.3 is 0 Å². The maximum absolute atomic E-state index is 4.94. The fourth-order valence-electron chi connectivity index (χ4n) is 3.98. The van der Waals surface area contributed by atoms with Gasteiger partial charge in [-0.05, 0) is 23.3 Å². The van der Waals surface area contributed by atoms with Crippen molar-refractivity contribution in [2.24, 2.45) is 4.99 Å². The molecular weight excluding hydrogens is 368 g/mol. The highest BCUT2D eigenvalue weighted by molar-refractivity contribution is 6.02. The van der Waals surface area contributed by atoms with Crippen LogP contribution in [0.1, 0.15) is 23.6 Å². The van der Waals surface area contributed by atoms with Crippen LogP contribution < -0.4 is 4.90 Å². The van der Waals surface area contributed by atoms with Gasteiger partial charge in [-0.3, -0.25) is 0 Å². The van der Waals surface area contributed by atoms with E-state index in [1.807, 2.05) is 24.3 Å². The fourth-order valence-corrected chi connectivity index (χ4v) is 3.98. The zero-order valence-corrected chi connectivity index (χ0v) is 17.2. The predicted molar refractivity (Wildman–Crippen MR) is 124 cm³/mol. The summed E-state index contributed by atoms with van der Waals surface area (Å²) in [6.07, 6.45) is 2.98. The lowest BCUT2D eigenvalue weighted by Gasteiger charge is -2.26. The molecule has 0 N–H and O–H groups in total. The second-order valence-electron chi connectivity index (χ2n) is 7.83. The van der Waals surface area contributed by atoms with Gasteiger partial charge in [-0.2, -0.15) is 0 Å². The third kappa shape index (κ3) is 3.41. The van der Waals surface area contributed by atoms with Crippen LogP contribution in [0.2, 0.25) is 0 Å². The van der Waals surface area contributed by atoms with Gasteiger partial charge in [-0.15, -0.1) is 0 Å². The molecule has 3 aromatic carbocycles. The smallest absolute Gasteiger partial charge is 0.230 e. The zero-order chi connectivity index (χ0) is 20.5. The molecule has 1 aromatic heterocycles. The number of hydrogen-bond acceptors (Lipinski definition) is 3. The first-order chi connectivity index (χ1) is 14.7. The van der Waals surface area contributed by atoms with E-state index in [1.165, 1.54) is 11.3 Å². The van der Waals surface area contributed by atoms with Crippen molar-refractivity contribution in [3.05, 3.63) is 102 Å². The summed E-state index contributed by atoms with van der Waals surface area (Å²) in [7, 11) is 4.13. The fraction of sp³-hybridized carbons (Fsp3) is 0.154. The number of anilines is 1. The van der Waals surface area contributed by atoms with Gasteiger partial charge < -0.3 is 9.47 Å². The SMILES string of the molecule is CN(C)c1ccc([C@H]2CC(c3ccccc3)=Nc3nc(-c4ccccc4)cn32)cc1. The minimum atomic E-state index is 0.161. The molecule has 0 spiro atoms. The Morgan fingerprint density at radius 2 is 1.43 bits per heavy atom. The summed E-state index contributed by atoms with van der Waals surface area (Å²) in [5, 5.41) is 0. The maximum atomic E-state index is 4.94. The lowest BCUT2D eigenvalue weighted by molar-refractivity contribution is 0.595. The van der Waals surface area contributed by atoms with E-state index in [1.54, 1.807) is 0 Å². The van der Waals surface area contributed by atoms with Gasteiger partial charge in [0.1, 0.15) is 0 Å². The molecule has 0 bridgehead atoms. The Bertz CT molecular complexity index is 1170. The first-order valence-corrected chi connectivity index (χ1v) is 10.2. The van der Waals surface area contributed by atoms with E-state index in [0.29, 0.717) is 0 Å². The Labute approximate surface area is 177 Å². The summed E-state index contributed by atoms with van der Waals surface area (Å²) in [6, 6.07) is 29.7.